The van der Waals surface area contributed by atoms with Gasteiger partial charge in [-0.25, -0.2) is 0 Å². The second-order valence-electron chi connectivity index (χ2n) is 4.37. The normalized spacial score (nSPS) is 15.6. The fourth-order valence-electron chi connectivity index (χ4n) is 2.01. The molecule has 98 valence electrons. The van der Waals surface area contributed by atoms with Gasteiger partial charge in [0.05, 0.1) is 6.54 Å². The summed E-state index contributed by atoms with van der Waals surface area (Å²) in [5.74, 6) is -0.199. The van der Waals surface area contributed by atoms with Crippen LogP contribution < -0.4 is 10.6 Å². The average molecular weight is 268 g/mol. The number of rotatable bonds is 4. The Morgan fingerprint density at radius 1 is 1.33 bits per heavy atom. The minimum atomic E-state index is -0.266. The van der Waals surface area contributed by atoms with E-state index >= 15 is 0 Å². The first-order valence-corrected chi connectivity index (χ1v) is 6.84. The van der Waals surface area contributed by atoms with Crippen molar-refractivity contribution in [1.82, 2.24) is 15.5 Å². The van der Waals surface area contributed by atoms with E-state index in [1.54, 1.807) is 0 Å². The van der Waals surface area contributed by atoms with Gasteiger partial charge >= 0.3 is 0 Å². The summed E-state index contributed by atoms with van der Waals surface area (Å²) in [6, 6.07) is 0. The summed E-state index contributed by atoms with van der Waals surface area (Å²) in [6.07, 6.45) is 4.08. The molecule has 1 aliphatic carbocycles. The van der Waals surface area contributed by atoms with Crippen LogP contribution in [0.25, 0.3) is 0 Å². The van der Waals surface area contributed by atoms with Crippen LogP contribution in [-0.2, 0) is 9.59 Å². The van der Waals surface area contributed by atoms with Crippen molar-refractivity contribution in [3.63, 3.8) is 0 Å². The van der Waals surface area contributed by atoms with Gasteiger partial charge < -0.3 is 5.32 Å². The van der Waals surface area contributed by atoms with Crippen molar-refractivity contribution in [2.75, 3.05) is 11.9 Å². The average Bonchev–Trinajstić information content (AvgIpc) is 2.97. The van der Waals surface area contributed by atoms with Gasteiger partial charge in [-0.3, -0.25) is 14.9 Å². The standard InChI is InChI=1S/C11H16N4O2S/c1-7-14-15-11(18-7)13-9(16)6-12-10(17)8-4-2-3-5-8/h8H,2-6H2,1H3,(H,12,17)(H,13,15,16). The molecule has 0 spiro atoms. The number of aryl methyl sites for hydroxylation is 1. The van der Waals surface area contributed by atoms with Crippen molar-refractivity contribution < 1.29 is 9.59 Å². The van der Waals surface area contributed by atoms with Gasteiger partial charge in [-0.05, 0) is 19.8 Å². The summed E-state index contributed by atoms with van der Waals surface area (Å²) in [5, 5.41) is 14.1. The summed E-state index contributed by atoms with van der Waals surface area (Å²) in [7, 11) is 0. The van der Waals surface area contributed by atoms with E-state index in [9.17, 15) is 9.59 Å². The van der Waals surface area contributed by atoms with E-state index in [1.165, 1.54) is 11.3 Å². The first kappa shape index (κ1) is 12.9. The number of carbonyl (C=O) groups is 2. The Kier molecular flexibility index (Phi) is 4.24. The number of carbonyl (C=O) groups excluding carboxylic acids is 2. The summed E-state index contributed by atoms with van der Waals surface area (Å²) in [5.41, 5.74) is 0. The maximum atomic E-state index is 11.7. The molecule has 18 heavy (non-hydrogen) atoms. The Balaban J connectivity index is 1.72. The Labute approximate surface area is 109 Å². The highest BCUT2D eigenvalue weighted by atomic mass is 32.1. The molecule has 1 fully saturated rings. The zero-order chi connectivity index (χ0) is 13.0. The zero-order valence-corrected chi connectivity index (χ0v) is 11.0. The molecule has 1 saturated carbocycles. The highest BCUT2D eigenvalue weighted by Crippen LogP contribution is 2.24. The number of nitrogens with zero attached hydrogens (tertiary/aromatic N) is 2. The smallest absolute Gasteiger partial charge is 0.245 e. The first-order valence-electron chi connectivity index (χ1n) is 6.03. The van der Waals surface area contributed by atoms with E-state index < -0.39 is 0 Å². The summed E-state index contributed by atoms with van der Waals surface area (Å²) < 4.78 is 0. The molecule has 2 rings (SSSR count). The zero-order valence-electron chi connectivity index (χ0n) is 10.2. The minimum absolute atomic E-state index is 0.00599. The van der Waals surface area contributed by atoms with Crippen LogP contribution in [-0.4, -0.2) is 28.6 Å². The predicted octanol–water partition coefficient (Wildman–Crippen LogP) is 1.09. The van der Waals surface area contributed by atoms with Gasteiger partial charge in [-0.15, -0.1) is 10.2 Å². The van der Waals surface area contributed by atoms with Crippen molar-refractivity contribution in [3.8, 4) is 0 Å². The largest absolute Gasteiger partial charge is 0.347 e. The van der Waals surface area contributed by atoms with Crippen LogP contribution in [0, 0.1) is 12.8 Å². The molecule has 6 nitrogen and oxygen atoms in total. The molecule has 1 heterocycles. The number of aromatic nitrogens is 2. The molecule has 0 unspecified atom stereocenters. The van der Waals surface area contributed by atoms with Gasteiger partial charge in [0.25, 0.3) is 0 Å². The third-order valence-electron chi connectivity index (χ3n) is 2.92. The topological polar surface area (TPSA) is 84.0 Å². The number of amides is 2. The van der Waals surface area contributed by atoms with Crippen molar-refractivity contribution in [1.29, 1.82) is 0 Å². The molecule has 0 aromatic carbocycles. The van der Waals surface area contributed by atoms with Crippen LogP contribution in [0.2, 0.25) is 0 Å². The summed E-state index contributed by atoms with van der Waals surface area (Å²) in [6.45, 7) is 1.81. The quantitative estimate of drug-likeness (QED) is 0.856. The lowest BCUT2D eigenvalue weighted by Crippen LogP contribution is -2.36. The van der Waals surface area contributed by atoms with Crippen LogP contribution in [0.3, 0.4) is 0 Å². The summed E-state index contributed by atoms with van der Waals surface area (Å²) in [4.78, 5) is 23.2. The third kappa shape index (κ3) is 3.49. The van der Waals surface area contributed by atoms with Gasteiger partial charge in [-0.1, -0.05) is 24.2 Å². The molecule has 7 heteroatoms. The fourth-order valence-corrected chi connectivity index (χ4v) is 2.62. The maximum absolute atomic E-state index is 11.7. The van der Waals surface area contributed by atoms with E-state index in [-0.39, 0.29) is 24.3 Å². The highest BCUT2D eigenvalue weighted by molar-refractivity contribution is 7.15. The molecule has 1 aliphatic rings. The lowest BCUT2D eigenvalue weighted by Gasteiger charge is -2.09. The molecule has 2 N–H and O–H groups in total. The van der Waals surface area contributed by atoms with E-state index in [4.69, 9.17) is 0 Å². The van der Waals surface area contributed by atoms with E-state index in [0.717, 1.165) is 30.7 Å². The van der Waals surface area contributed by atoms with Gasteiger partial charge in [0.15, 0.2) is 0 Å². The lowest BCUT2D eigenvalue weighted by molar-refractivity contribution is -0.127. The second kappa shape index (κ2) is 5.90. The van der Waals surface area contributed by atoms with Gasteiger partial charge in [0.1, 0.15) is 5.01 Å². The Bertz CT molecular complexity index is 440. The number of nitrogens with one attached hydrogen (secondary N) is 2. The first-order chi connectivity index (χ1) is 8.65. The van der Waals surface area contributed by atoms with Crippen LogP contribution >= 0.6 is 11.3 Å². The molecule has 0 aliphatic heterocycles. The monoisotopic (exact) mass is 268 g/mol. The van der Waals surface area contributed by atoms with Crippen LogP contribution in [0.1, 0.15) is 30.7 Å². The molecule has 1 aromatic rings. The van der Waals surface area contributed by atoms with Gasteiger partial charge in [0, 0.05) is 5.92 Å². The van der Waals surface area contributed by atoms with Crippen LogP contribution in [0.4, 0.5) is 5.13 Å². The fraction of sp³-hybridized carbons (Fsp3) is 0.636. The summed E-state index contributed by atoms with van der Waals surface area (Å²) >= 11 is 1.31. The van der Waals surface area contributed by atoms with Crippen molar-refractivity contribution >= 4 is 28.3 Å². The van der Waals surface area contributed by atoms with Crippen molar-refractivity contribution in [2.45, 2.75) is 32.6 Å². The Morgan fingerprint density at radius 3 is 2.67 bits per heavy atom. The van der Waals surface area contributed by atoms with Gasteiger partial charge in [0.2, 0.25) is 16.9 Å². The highest BCUT2D eigenvalue weighted by Gasteiger charge is 2.22. The molecule has 1 aromatic heterocycles. The molecule has 2 amide bonds. The SMILES string of the molecule is Cc1nnc(NC(=O)CNC(=O)C2CCCC2)s1. The Morgan fingerprint density at radius 2 is 2.06 bits per heavy atom. The molecular weight excluding hydrogens is 252 g/mol. The molecule has 0 saturated heterocycles. The maximum Gasteiger partial charge on any atom is 0.245 e. The lowest BCUT2D eigenvalue weighted by atomic mass is 10.1. The minimum Gasteiger partial charge on any atom is -0.347 e. The van der Waals surface area contributed by atoms with E-state index in [0.29, 0.717) is 5.13 Å². The molecule has 0 bridgehead atoms. The van der Waals surface area contributed by atoms with Crippen molar-refractivity contribution in [3.05, 3.63) is 5.01 Å². The second-order valence-corrected chi connectivity index (χ2v) is 5.56. The molecular formula is C11H16N4O2S. The third-order valence-corrected chi connectivity index (χ3v) is 3.68. The number of anilines is 1. The molecule has 0 atom stereocenters. The Hall–Kier alpha value is -1.50. The van der Waals surface area contributed by atoms with Crippen LogP contribution in [0.5, 0.6) is 0 Å². The van der Waals surface area contributed by atoms with Crippen LogP contribution in [0.15, 0.2) is 0 Å². The van der Waals surface area contributed by atoms with Gasteiger partial charge in [-0.2, -0.15) is 0 Å². The van der Waals surface area contributed by atoms with E-state index in [1.807, 2.05) is 6.92 Å². The molecule has 0 radical (unpaired) electrons. The van der Waals surface area contributed by atoms with E-state index in [2.05, 4.69) is 20.8 Å². The van der Waals surface area contributed by atoms with Crippen molar-refractivity contribution in [2.24, 2.45) is 5.92 Å². The number of hydrogen-bond acceptors (Lipinski definition) is 5. The number of hydrogen-bond donors (Lipinski definition) is 2. The predicted molar refractivity (Wildman–Crippen MR) is 68.2 cm³/mol.